The lowest BCUT2D eigenvalue weighted by atomic mass is 9.87. The highest BCUT2D eigenvalue weighted by molar-refractivity contribution is 5.50. The molecule has 18 heavy (non-hydrogen) atoms. The topological polar surface area (TPSA) is 3.24 Å². The largest absolute Gasteiger partial charge is 0.368 e. The number of hydrogen-bond acceptors (Lipinski definition) is 1. The molecule has 2 atom stereocenters. The third-order valence-corrected chi connectivity index (χ3v) is 4.44. The molecular formula is C15H19F2N. The zero-order valence-electron chi connectivity index (χ0n) is 11.1. The van der Waals surface area contributed by atoms with Crippen LogP contribution in [0, 0.1) is 34.8 Å². The van der Waals surface area contributed by atoms with Crippen molar-refractivity contribution in [1.82, 2.24) is 0 Å². The third kappa shape index (κ3) is 1.80. The van der Waals surface area contributed by atoms with Gasteiger partial charge in [0.05, 0.1) is 5.69 Å². The van der Waals surface area contributed by atoms with Crippen molar-refractivity contribution in [1.29, 1.82) is 0 Å². The second-order valence-corrected chi connectivity index (χ2v) is 6.72. The van der Waals surface area contributed by atoms with Gasteiger partial charge in [-0.05, 0) is 35.3 Å². The number of piperidine rings is 1. The molecular weight excluding hydrogens is 232 g/mol. The SMILES string of the molecule is CC(C)(C)C1C2CN(c3cc(F)ccc3F)CC21. The molecule has 1 heterocycles. The molecule has 0 N–H and O–H groups in total. The minimum Gasteiger partial charge on any atom is -0.368 e. The van der Waals surface area contributed by atoms with Crippen LogP contribution in [-0.2, 0) is 0 Å². The van der Waals surface area contributed by atoms with Gasteiger partial charge in [-0.2, -0.15) is 0 Å². The van der Waals surface area contributed by atoms with Crippen molar-refractivity contribution in [3.8, 4) is 0 Å². The molecule has 3 rings (SSSR count). The first-order valence-electron chi connectivity index (χ1n) is 6.58. The lowest BCUT2D eigenvalue weighted by Gasteiger charge is -2.27. The number of benzene rings is 1. The van der Waals surface area contributed by atoms with Crippen LogP contribution in [0.1, 0.15) is 20.8 Å². The van der Waals surface area contributed by atoms with E-state index in [0.29, 0.717) is 22.9 Å². The van der Waals surface area contributed by atoms with Gasteiger partial charge in [0.2, 0.25) is 0 Å². The van der Waals surface area contributed by atoms with Gasteiger partial charge in [-0.1, -0.05) is 20.8 Å². The van der Waals surface area contributed by atoms with E-state index in [9.17, 15) is 8.78 Å². The van der Waals surface area contributed by atoms with Crippen LogP contribution in [0.4, 0.5) is 14.5 Å². The first-order valence-corrected chi connectivity index (χ1v) is 6.58. The summed E-state index contributed by atoms with van der Waals surface area (Å²) in [5, 5.41) is 0. The summed E-state index contributed by atoms with van der Waals surface area (Å²) in [6, 6.07) is 3.70. The summed E-state index contributed by atoms with van der Waals surface area (Å²) in [6.45, 7) is 8.54. The van der Waals surface area contributed by atoms with Crippen molar-refractivity contribution >= 4 is 5.69 Å². The smallest absolute Gasteiger partial charge is 0.146 e. The van der Waals surface area contributed by atoms with Gasteiger partial charge in [-0.15, -0.1) is 0 Å². The summed E-state index contributed by atoms with van der Waals surface area (Å²) in [5.41, 5.74) is 0.761. The zero-order valence-corrected chi connectivity index (χ0v) is 11.1. The maximum Gasteiger partial charge on any atom is 0.146 e. The minimum absolute atomic E-state index is 0.315. The highest BCUT2D eigenvalue weighted by atomic mass is 19.1. The molecule has 2 aliphatic rings. The van der Waals surface area contributed by atoms with Gasteiger partial charge in [-0.3, -0.25) is 0 Å². The van der Waals surface area contributed by atoms with Crippen molar-refractivity contribution in [3.05, 3.63) is 29.8 Å². The van der Waals surface area contributed by atoms with Crippen molar-refractivity contribution < 1.29 is 8.78 Å². The van der Waals surface area contributed by atoms with Crippen LogP contribution < -0.4 is 4.90 Å². The number of fused-ring (bicyclic) bond motifs is 1. The van der Waals surface area contributed by atoms with Crippen LogP contribution in [-0.4, -0.2) is 13.1 Å². The third-order valence-electron chi connectivity index (χ3n) is 4.44. The molecule has 2 fully saturated rings. The summed E-state index contributed by atoms with van der Waals surface area (Å²) in [4.78, 5) is 2.00. The molecule has 98 valence electrons. The van der Waals surface area contributed by atoms with Crippen LogP contribution in [0.3, 0.4) is 0 Å². The fourth-order valence-electron chi connectivity index (χ4n) is 3.74. The van der Waals surface area contributed by atoms with E-state index in [1.165, 1.54) is 18.2 Å². The predicted molar refractivity (Wildman–Crippen MR) is 68.5 cm³/mol. The fourth-order valence-corrected chi connectivity index (χ4v) is 3.74. The first-order chi connectivity index (χ1) is 8.38. The van der Waals surface area contributed by atoms with Crippen LogP contribution in [0.5, 0.6) is 0 Å². The molecule has 1 saturated heterocycles. The number of halogens is 2. The molecule has 3 heteroatoms. The Balaban J connectivity index is 1.75. The van der Waals surface area contributed by atoms with Crippen LogP contribution in [0.15, 0.2) is 18.2 Å². The van der Waals surface area contributed by atoms with E-state index >= 15 is 0 Å². The van der Waals surface area contributed by atoms with Gasteiger partial charge in [0.15, 0.2) is 0 Å². The minimum atomic E-state index is -0.362. The lowest BCUT2D eigenvalue weighted by Crippen LogP contribution is -2.28. The lowest BCUT2D eigenvalue weighted by molar-refractivity contribution is 0.309. The standard InChI is InChI=1S/C15H19F2N/c1-15(2,3)14-10-7-18(8-11(10)14)13-6-9(16)4-5-12(13)17/h4-6,10-11,14H,7-8H2,1-3H3. The van der Waals surface area contributed by atoms with Crippen LogP contribution >= 0.6 is 0 Å². The number of anilines is 1. The molecule has 1 aromatic rings. The summed E-state index contributed by atoms with van der Waals surface area (Å²) in [7, 11) is 0. The maximum atomic E-state index is 13.7. The summed E-state index contributed by atoms with van der Waals surface area (Å²) in [6.07, 6.45) is 0. The van der Waals surface area contributed by atoms with Gasteiger partial charge in [-0.25, -0.2) is 8.78 Å². The van der Waals surface area contributed by atoms with E-state index in [0.717, 1.165) is 19.0 Å². The molecule has 1 aromatic carbocycles. The molecule has 0 amide bonds. The van der Waals surface area contributed by atoms with Crippen LogP contribution in [0.25, 0.3) is 0 Å². The van der Waals surface area contributed by atoms with Crippen molar-refractivity contribution in [2.45, 2.75) is 20.8 Å². The monoisotopic (exact) mass is 251 g/mol. The molecule has 0 radical (unpaired) electrons. The van der Waals surface area contributed by atoms with E-state index in [2.05, 4.69) is 20.8 Å². The second kappa shape index (κ2) is 3.69. The van der Waals surface area contributed by atoms with E-state index in [1.54, 1.807) is 0 Å². The molecule has 2 unspecified atom stereocenters. The molecule has 0 spiro atoms. The molecule has 0 aromatic heterocycles. The average molecular weight is 251 g/mol. The van der Waals surface area contributed by atoms with E-state index < -0.39 is 0 Å². The summed E-state index contributed by atoms with van der Waals surface area (Å²) < 4.78 is 26.9. The number of rotatable bonds is 1. The molecule has 1 aliphatic carbocycles. The Morgan fingerprint density at radius 1 is 1.11 bits per heavy atom. The Kier molecular flexibility index (Phi) is 2.45. The number of nitrogens with zero attached hydrogens (tertiary/aromatic N) is 1. The average Bonchev–Trinajstić information content (AvgIpc) is 2.80. The van der Waals surface area contributed by atoms with Gasteiger partial charge >= 0.3 is 0 Å². The van der Waals surface area contributed by atoms with Gasteiger partial charge in [0.1, 0.15) is 11.6 Å². The quantitative estimate of drug-likeness (QED) is 0.735. The Morgan fingerprint density at radius 2 is 1.72 bits per heavy atom. The zero-order chi connectivity index (χ0) is 13.1. The Bertz CT molecular complexity index is 466. The predicted octanol–water partition coefficient (Wildman–Crippen LogP) is 3.69. The summed E-state index contributed by atoms with van der Waals surface area (Å²) >= 11 is 0. The van der Waals surface area contributed by atoms with Crippen molar-refractivity contribution in [2.75, 3.05) is 18.0 Å². The fraction of sp³-hybridized carbons (Fsp3) is 0.600. The van der Waals surface area contributed by atoms with E-state index in [1.807, 2.05) is 4.90 Å². The van der Waals surface area contributed by atoms with E-state index in [4.69, 9.17) is 0 Å². The van der Waals surface area contributed by atoms with Crippen molar-refractivity contribution in [3.63, 3.8) is 0 Å². The maximum absolute atomic E-state index is 13.7. The number of hydrogen-bond donors (Lipinski definition) is 0. The normalized spacial score (nSPS) is 30.5. The molecule has 1 saturated carbocycles. The van der Waals surface area contributed by atoms with Crippen LogP contribution in [0.2, 0.25) is 0 Å². The first kappa shape index (κ1) is 11.9. The molecule has 1 nitrogen and oxygen atoms in total. The Hall–Kier alpha value is -1.12. The Morgan fingerprint density at radius 3 is 2.28 bits per heavy atom. The molecule has 1 aliphatic heterocycles. The van der Waals surface area contributed by atoms with Crippen molar-refractivity contribution in [2.24, 2.45) is 23.2 Å². The second-order valence-electron chi connectivity index (χ2n) is 6.72. The van der Waals surface area contributed by atoms with Gasteiger partial charge < -0.3 is 4.90 Å². The summed E-state index contributed by atoms with van der Waals surface area (Å²) in [5.74, 6) is 1.38. The van der Waals surface area contributed by atoms with Gasteiger partial charge in [0, 0.05) is 19.2 Å². The van der Waals surface area contributed by atoms with E-state index in [-0.39, 0.29) is 11.6 Å². The van der Waals surface area contributed by atoms with Gasteiger partial charge in [0.25, 0.3) is 0 Å². The highest BCUT2D eigenvalue weighted by Gasteiger charge is 2.59. The molecule has 0 bridgehead atoms. The Labute approximate surface area is 107 Å². The highest BCUT2D eigenvalue weighted by Crippen LogP contribution is 2.60.